The van der Waals surface area contributed by atoms with E-state index in [1.165, 1.54) is 5.56 Å². The molecule has 1 heterocycles. The van der Waals surface area contributed by atoms with E-state index >= 15 is 0 Å². The molecule has 24 heavy (non-hydrogen) atoms. The average Bonchev–Trinajstić information content (AvgIpc) is 2.64. The zero-order chi connectivity index (χ0) is 16.6. The van der Waals surface area contributed by atoms with E-state index in [1.807, 2.05) is 24.3 Å². The summed E-state index contributed by atoms with van der Waals surface area (Å²) < 4.78 is 5.54. The second-order valence-corrected chi connectivity index (χ2v) is 5.83. The third-order valence-electron chi connectivity index (χ3n) is 3.73. The molecule has 3 rings (SSSR count). The summed E-state index contributed by atoms with van der Waals surface area (Å²) in [5.41, 5.74) is 2.22. The van der Waals surface area contributed by atoms with Gasteiger partial charge < -0.3 is 10.1 Å². The molecule has 0 fully saturated rings. The molecule has 0 saturated carbocycles. The van der Waals surface area contributed by atoms with Crippen LogP contribution in [0, 0.1) is 0 Å². The predicted octanol–water partition coefficient (Wildman–Crippen LogP) is 4.29. The molecule has 0 aliphatic rings. The van der Waals surface area contributed by atoms with E-state index in [2.05, 4.69) is 39.6 Å². The number of benzene rings is 2. The van der Waals surface area contributed by atoms with E-state index < -0.39 is 0 Å². The van der Waals surface area contributed by atoms with Crippen LogP contribution in [0.25, 0.3) is 10.9 Å². The molecule has 5 heteroatoms. The highest BCUT2D eigenvalue weighted by atomic mass is 35.5. The molecule has 2 aromatic carbocycles. The molecule has 0 radical (unpaired) electrons. The summed E-state index contributed by atoms with van der Waals surface area (Å²) >= 11 is 5.65. The van der Waals surface area contributed by atoms with Crippen LogP contribution in [0.5, 0.6) is 5.75 Å². The van der Waals surface area contributed by atoms with Crippen LogP contribution in [0.4, 0.5) is 5.82 Å². The fraction of sp³-hybridized carbons (Fsp3) is 0.263. The number of aryl methyl sites for hydroxylation is 1. The number of alkyl halides is 1. The number of anilines is 1. The first kappa shape index (κ1) is 16.5. The maximum Gasteiger partial charge on any atom is 0.137 e. The molecule has 124 valence electrons. The number of ether oxygens (including phenoxy) is 1. The minimum absolute atomic E-state index is 0.468. The van der Waals surface area contributed by atoms with Crippen LogP contribution in [-0.4, -0.2) is 29.0 Å². The minimum atomic E-state index is 0.468. The molecule has 1 aromatic heterocycles. The Morgan fingerprint density at radius 3 is 2.75 bits per heavy atom. The van der Waals surface area contributed by atoms with Crippen molar-refractivity contribution in [2.24, 2.45) is 0 Å². The molecular formula is C19H20ClN3O. The molecule has 3 aromatic rings. The summed E-state index contributed by atoms with van der Waals surface area (Å²) in [6.07, 6.45) is 3.67. The molecule has 0 amide bonds. The number of aromatic nitrogens is 2. The summed E-state index contributed by atoms with van der Waals surface area (Å²) in [6.45, 7) is 1.36. The zero-order valence-electron chi connectivity index (χ0n) is 13.4. The van der Waals surface area contributed by atoms with Gasteiger partial charge in [-0.05, 0) is 30.5 Å². The Balaban J connectivity index is 1.62. The fourth-order valence-electron chi connectivity index (χ4n) is 2.57. The number of hydrogen-bond acceptors (Lipinski definition) is 4. The number of fused-ring (bicyclic) bond motifs is 1. The summed E-state index contributed by atoms with van der Waals surface area (Å²) in [5, 5.41) is 4.40. The molecule has 4 nitrogen and oxygen atoms in total. The molecular weight excluding hydrogens is 322 g/mol. The van der Waals surface area contributed by atoms with Crippen molar-refractivity contribution in [2.75, 3.05) is 24.3 Å². The third kappa shape index (κ3) is 4.36. The van der Waals surface area contributed by atoms with Crippen molar-refractivity contribution in [1.29, 1.82) is 0 Å². The van der Waals surface area contributed by atoms with Gasteiger partial charge in [0.15, 0.2) is 0 Å². The lowest BCUT2D eigenvalue weighted by molar-refractivity contribution is 0.343. The average molecular weight is 342 g/mol. The highest BCUT2D eigenvalue weighted by Crippen LogP contribution is 2.23. The predicted molar refractivity (Wildman–Crippen MR) is 99.0 cm³/mol. The van der Waals surface area contributed by atoms with Crippen LogP contribution >= 0.6 is 11.6 Å². The zero-order valence-corrected chi connectivity index (χ0v) is 14.2. The Morgan fingerprint density at radius 1 is 1.04 bits per heavy atom. The number of nitrogens with one attached hydrogen (secondary N) is 1. The van der Waals surface area contributed by atoms with Gasteiger partial charge >= 0.3 is 0 Å². The normalized spacial score (nSPS) is 10.7. The highest BCUT2D eigenvalue weighted by Gasteiger charge is 2.05. The first-order valence-electron chi connectivity index (χ1n) is 8.08. The molecule has 0 saturated heterocycles. The van der Waals surface area contributed by atoms with Crippen molar-refractivity contribution in [1.82, 2.24) is 9.97 Å². The Labute approximate surface area is 146 Å². The van der Waals surface area contributed by atoms with Gasteiger partial charge in [0.1, 0.15) is 24.5 Å². The Morgan fingerprint density at radius 2 is 1.92 bits per heavy atom. The number of hydrogen-bond donors (Lipinski definition) is 1. The van der Waals surface area contributed by atoms with Gasteiger partial charge in [0.2, 0.25) is 0 Å². The first-order valence-corrected chi connectivity index (χ1v) is 8.61. The van der Waals surface area contributed by atoms with Crippen LogP contribution in [0.2, 0.25) is 0 Å². The molecule has 1 N–H and O–H groups in total. The molecule has 0 bridgehead atoms. The van der Waals surface area contributed by atoms with Crippen LogP contribution < -0.4 is 10.1 Å². The van der Waals surface area contributed by atoms with E-state index in [9.17, 15) is 0 Å². The minimum Gasteiger partial charge on any atom is -0.492 e. The third-order valence-corrected chi connectivity index (χ3v) is 3.89. The Hall–Kier alpha value is -2.33. The van der Waals surface area contributed by atoms with Gasteiger partial charge in [-0.25, -0.2) is 9.97 Å². The summed E-state index contributed by atoms with van der Waals surface area (Å²) in [6, 6.07) is 16.3. The van der Waals surface area contributed by atoms with Crippen LogP contribution in [0.3, 0.4) is 0 Å². The summed E-state index contributed by atoms with van der Waals surface area (Å²) in [5.74, 6) is 2.10. The lowest BCUT2D eigenvalue weighted by atomic mass is 10.1. The molecule has 0 atom stereocenters. The monoisotopic (exact) mass is 341 g/mol. The van der Waals surface area contributed by atoms with E-state index in [1.54, 1.807) is 6.33 Å². The lowest BCUT2D eigenvalue weighted by Crippen LogP contribution is -2.05. The second kappa shape index (κ2) is 8.50. The Kier molecular flexibility index (Phi) is 5.85. The maximum atomic E-state index is 5.65. The molecule has 0 unspecified atom stereocenters. The van der Waals surface area contributed by atoms with Crippen molar-refractivity contribution in [3.05, 3.63) is 60.4 Å². The van der Waals surface area contributed by atoms with Crippen molar-refractivity contribution in [2.45, 2.75) is 12.8 Å². The SMILES string of the molecule is ClCCOc1ccc2c(NCCCc3ccccc3)ncnc2c1. The van der Waals surface area contributed by atoms with Gasteiger partial charge in [-0.1, -0.05) is 30.3 Å². The van der Waals surface area contributed by atoms with Gasteiger partial charge in [0, 0.05) is 18.0 Å². The number of rotatable bonds is 8. The number of nitrogens with zero attached hydrogens (tertiary/aromatic N) is 2. The van der Waals surface area contributed by atoms with Gasteiger partial charge in [-0.15, -0.1) is 11.6 Å². The van der Waals surface area contributed by atoms with E-state index in [0.717, 1.165) is 41.9 Å². The summed E-state index contributed by atoms with van der Waals surface area (Å²) in [4.78, 5) is 8.68. The fourth-order valence-corrected chi connectivity index (χ4v) is 2.65. The van der Waals surface area contributed by atoms with Crippen molar-refractivity contribution in [3.8, 4) is 5.75 Å². The highest BCUT2D eigenvalue weighted by molar-refractivity contribution is 6.18. The second-order valence-electron chi connectivity index (χ2n) is 5.45. The molecule has 0 aliphatic carbocycles. The van der Waals surface area contributed by atoms with Gasteiger partial charge in [-0.3, -0.25) is 0 Å². The smallest absolute Gasteiger partial charge is 0.137 e. The number of halogens is 1. The molecule has 0 spiro atoms. The molecule has 0 aliphatic heterocycles. The van der Waals surface area contributed by atoms with Crippen LogP contribution in [0.1, 0.15) is 12.0 Å². The summed E-state index contributed by atoms with van der Waals surface area (Å²) in [7, 11) is 0. The standard InChI is InChI=1S/C19H20ClN3O/c20-10-12-24-16-8-9-17-18(13-16)22-14-23-19(17)21-11-4-7-15-5-2-1-3-6-15/h1-3,5-6,8-9,13-14H,4,7,10-12H2,(H,21,22,23). The van der Waals surface area contributed by atoms with Crippen molar-refractivity contribution >= 4 is 28.3 Å². The maximum absolute atomic E-state index is 5.65. The van der Waals surface area contributed by atoms with Crippen LogP contribution in [-0.2, 0) is 6.42 Å². The van der Waals surface area contributed by atoms with Crippen molar-refractivity contribution < 1.29 is 4.74 Å². The van der Waals surface area contributed by atoms with E-state index in [-0.39, 0.29) is 0 Å². The van der Waals surface area contributed by atoms with Gasteiger partial charge in [0.25, 0.3) is 0 Å². The van der Waals surface area contributed by atoms with Gasteiger partial charge in [-0.2, -0.15) is 0 Å². The van der Waals surface area contributed by atoms with Crippen molar-refractivity contribution in [3.63, 3.8) is 0 Å². The van der Waals surface area contributed by atoms with Gasteiger partial charge in [0.05, 0.1) is 11.4 Å². The van der Waals surface area contributed by atoms with Crippen LogP contribution in [0.15, 0.2) is 54.9 Å². The first-order chi connectivity index (χ1) is 11.9. The topological polar surface area (TPSA) is 47.0 Å². The largest absolute Gasteiger partial charge is 0.492 e. The quantitative estimate of drug-likeness (QED) is 0.490. The lowest BCUT2D eigenvalue weighted by Gasteiger charge is -2.10. The Bertz CT molecular complexity index is 780. The van der Waals surface area contributed by atoms with E-state index in [4.69, 9.17) is 16.3 Å². The van der Waals surface area contributed by atoms with E-state index in [0.29, 0.717) is 12.5 Å².